The van der Waals surface area contributed by atoms with Crippen LogP contribution in [0.4, 0.5) is 4.39 Å². The van der Waals surface area contributed by atoms with Crippen molar-refractivity contribution in [3.63, 3.8) is 0 Å². The van der Waals surface area contributed by atoms with Gasteiger partial charge in [-0.25, -0.2) is 4.39 Å². The number of ether oxygens (including phenoxy) is 2. The Balaban J connectivity index is 2.60. The topological polar surface area (TPSA) is 44.5 Å². The van der Waals surface area contributed by atoms with E-state index in [1.165, 1.54) is 6.42 Å². The first kappa shape index (κ1) is 16.1. The van der Waals surface area contributed by atoms with Gasteiger partial charge in [0.25, 0.3) is 0 Å². The van der Waals surface area contributed by atoms with Crippen LogP contribution in [-0.2, 0) is 5.41 Å². The van der Waals surface area contributed by atoms with E-state index in [0.29, 0.717) is 23.6 Å². The minimum absolute atomic E-state index is 0.123. The molecule has 0 radical (unpaired) electrons. The molecule has 118 valence electrons. The van der Waals surface area contributed by atoms with Gasteiger partial charge in [-0.1, -0.05) is 19.3 Å². The van der Waals surface area contributed by atoms with Gasteiger partial charge in [-0.05, 0) is 37.5 Å². The summed E-state index contributed by atoms with van der Waals surface area (Å²) in [5, 5.41) is 0. The second-order valence-corrected chi connectivity index (χ2v) is 5.97. The summed E-state index contributed by atoms with van der Waals surface area (Å²) < 4.78 is 24.8. The minimum Gasteiger partial charge on any atom is -0.493 e. The summed E-state index contributed by atoms with van der Waals surface area (Å²) in [6.45, 7) is 2.09. The summed E-state index contributed by atoms with van der Waals surface area (Å²) in [4.78, 5) is 0. The lowest BCUT2D eigenvalue weighted by atomic mass is 9.68. The van der Waals surface area contributed by atoms with Crippen molar-refractivity contribution in [3.05, 3.63) is 23.3 Å². The molecule has 0 aromatic heterocycles. The van der Waals surface area contributed by atoms with Crippen LogP contribution in [0.2, 0.25) is 0 Å². The van der Waals surface area contributed by atoms with Gasteiger partial charge in [-0.15, -0.1) is 0 Å². The molecule has 1 aliphatic rings. The zero-order chi connectivity index (χ0) is 15.5. The molecule has 1 unspecified atom stereocenters. The lowest BCUT2D eigenvalue weighted by molar-refractivity contribution is 0.279. The van der Waals surface area contributed by atoms with Crippen LogP contribution in [0, 0.1) is 0 Å². The number of rotatable bonds is 5. The van der Waals surface area contributed by atoms with Gasteiger partial charge in [0, 0.05) is 17.5 Å². The fourth-order valence-corrected chi connectivity index (χ4v) is 3.42. The van der Waals surface area contributed by atoms with Gasteiger partial charge in [0.15, 0.2) is 11.5 Å². The van der Waals surface area contributed by atoms with Crippen LogP contribution in [0.15, 0.2) is 12.1 Å². The zero-order valence-corrected chi connectivity index (χ0v) is 13.2. The van der Waals surface area contributed by atoms with Crippen molar-refractivity contribution < 1.29 is 13.9 Å². The van der Waals surface area contributed by atoms with E-state index < -0.39 is 6.17 Å². The molecule has 2 rings (SSSR count). The average Bonchev–Trinajstić information content (AvgIpc) is 2.53. The molecule has 1 atom stereocenters. The maximum atomic E-state index is 13.8. The van der Waals surface area contributed by atoms with Crippen molar-refractivity contribution in [2.45, 2.75) is 50.6 Å². The zero-order valence-electron chi connectivity index (χ0n) is 13.2. The van der Waals surface area contributed by atoms with Crippen LogP contribution < -0.4 is 15.2 Å². The quantitative estimate of drug-likeness (QED) is 0.896. The van der Waals surface area contributed by atoms with Crippen molar-refractivity contribution in [2.75, 3.05) is 20.8 Å². The SMILES string of the molecule is COc1cc(C(C)F)cc(C2(CN)CCCCC2)c1OC. The standard InChI is InChI=1S/C17H26FNO2/c1-12(18)13-9-14(16(21-3)15(10-13)20-2)17(11-19)7-5-4-6-8-17/h9-10,12H,4-8,11,19H2,1-3H3. The van der Waals surface area contributed by atoms with E-state index in [1.54, 1.807) is 27.2 Å². The number of methoxy groups -OCH3 is 2. The molecule has 1 aromatic rings. The smallest absolute Gasteiger partial charge is 0.164 e. The summed E-state index contributed by atoms with van der Waals surface area (Å²) in [6.07, 6.45) is 4.54. The van der Waals surface area contributed by atoms with Gasteiger partial charge < -0.3 is 15.2 Å². The second-order valence-electron chi connectivity index (χ2n) is 5.97. The molecule has 0 spiro atoms. The third-order valence-corrected chi connectivity index (χ3v) is 4.73. The van der Waals surface area contributed by atoms with Crippen LogP contribution >= 0.6 is 0 Å². The molecule has 1 fully saturated rings. The van der Waals surface area contributed by atoms with E-state index in [2.05, 4.69) is 0 Å². The Morgan fingerprint density at radius 3 is 2.33 bits per heavy atom. The van der Waals surface area contributed by atoms with Crippen LogP contribution in [0.3, 0.4) is 0 Å². The van der Waals surface area contributed by atoms with Gasteiger partial charge in [0.1, 0.15) is 6.17 Å². The first-order chi connectivity index (χ1) is 10.1. The van der Waals surface area contributed by atoms with E-state index >= 15 is 0 Å². The molecule has 0 saturated heterocycles. The minimum atomic E-state index is -1.04. The third kappa shape index (κ3) is 3.00. The molecule has 1 aromatic carbocycles. The largest absolute Gasteiger partial charge is 0.493 e. The lowest BCUT2D eigenvalue weighted by Crippen LogP contribution is -2.37. The van der Waals surface area contributed by atoms with E-state index in [-0.39, 0.29) is 5.41 Å². The normalized spacial score (nSPS) is 19.1. The van der Waals surface area contributed by atoms with E-state index in [0.717, 1.165) is 31.2 Å². The third-order valence-electron chi connectivity index (χ3n) is 4.73. The second kappa shape index (κ2) is 6.65. The number of alkyl halides is 1. The Hall–Kier alpha value is -1.29. The maximum Gasteiger partial charge on any atom is 0.164 e. The summed E-state index contributed by atoms with van der Waals surface area (Å²) in [5.41, 5.74) is 7.63. The van der Waals surface area contributed by atoms with Gasteiger partial charge >= 0.3 is 0 Å². The summed E-state index contributed by atoms with van der Waals surface area (Å²) in [7, 11) is 3.22. The molecule has 4 heteroatoms. The Morgan fingerprint density at radius 1 is 1.19 bits per heavy atom. The number of halogens is 1. The summed E-state index contributed by atoms with van der Waals surface area (Å²) in [6, 6.07) is 3.64. The van der Waals surface area contributed by atoms with Crippen molar-refractivity contribution in [2.24, 2.45) is 5.73 Å². The fraction of sp³-hybridized carbons (Fsp3) is 0.647. The van der Waals surface area contributed by atoms with Crippen LogP contribution in [0.1, 0.15) is 56.3 Å². The van der Waals surface area contributed by atoms with Crippen molar-refractivity contribution in [3.8, 4) is 11.5 Å². The Bertz CT molecular complexity index is 482. The number of nitrogens with two attached hydrogens (primary N) is 1. The van der Waals surface area contributed by atoms with Crippen LogP contribution in [0.25, 0.3) is 0 Å². The van der Waals surface area contributed by atoms with Gasteiger partial charge in [-0.3, -0.25) is 0 Å². The molecule has 1 saturated carbocycles. The van der Waals surface area contributed by atoms with Gasteiger partial charge in [0.2, 0.25) is 0 Å². The van der Waals surface area contributed by atoms with Gasteiger partial charge in [-0.2, -0.15) is 0 Å². The lowest BCUT2D eigenvalue weighted by Gasteiger charge is -2.38. The predicted octanol–water partition coefficient (Wildman–Crippen LogP) is 3.89. The molecule has 0 bridgehead atoms. The molecule has 21 heavy (non-hydrogen) atoms. The van der Waals surface area contributed by atoms with Gasteiger partial charge in [0.05, 0.1) is 14.2 Å². The highest BCUT2D eigenvalue weighted by molar-refractivity contribution is 5.53. The van der Waals surface area contributed by atoms with E-state index in [1.807, 2.05) is 6.07 Å². The maximum absolute atomic E-state index is 13.8. The first-order valence-corrected chi connectivity index (χ1v) is 7.68. The number of benzene rings is 1. The Labute approximate surface area is 126 Å². The Kier molecular flexibility index (Phi) is 5.09. The highest BCUT2D eigenvalue weighted by Gasteiger charge is 2.36. The first-order valence-electron chi connectivity index (χ1n) is 7.68. The number of hydrogen-bond acceptors (Lipinski definition) is 3. The highest BCUT2D eigenvalue weighted by Crippen LogP contribution is 2.47. The molecule has 0 aliphatic heterocycles. The van der Waals surface area contributed by atoms with E-state index in [4.69, 9.17) is 15.2 Å². The van der Waals surface area contributed by atoms with E-state index in [9.17, 15) is 4.39 Å². The molecule has 3 nitrogen and oxygen atoms in total. The molecule has 0 amide bonds. The average molecular weight is 295 g/mol. The predicted molar refractivity (Wildman–Crippen MR) is 82.9 cm³/mol. The summed E-state index contributed by atoms with van der Waals surface area (Å²) in [5.74, 6) is 1.29. The summed E-state index contributed by atoms with van der Waals surface area (Å²) >= 11 is 0. The Morgan fingerprint density at radius 2 is 1.86 bits per heavy atom. The fourth-order valence-electron chi connectivity index (χ4n) is 3.42. The van der Waals surface area contributed by atoms with Crippen LogP contribution in [0.5, 0.6) is 11.5 Å². The molecule has 0 heterocycles. The molecule has 1 aliphatic carbocycles. The van der Waals surface area contributed by atoms with Crippen molar-refractivity contribution >= 4 is 0 Å². The van der Waals surface area contributed by atoms with Crippen molar-refractivity contribution in [1.82, 2.24) is 0 Å². The molecule has 2 N–H and O–H groups in total. The monoisotopic (exact) mass is 295 g/mol. The number of hydrogen-bond donors (Lipinski definition) is 1. The molecular formula is C17H26FNO2. The van der Waals surface area contributed by atoms with Crippen molar-refractivity contribution in [1.29, 1.82) is 0 Å². The highest BCUT2D eigenvalue weighted by atomic mass is 19.1. The van der Waals surface area contributed by atoms with Crippen LogP contribution in [-0.4, -0.2) is 20.8 Å². The molecular weight excluding hydrogens is 269 g/mol.